The Hall–Kier alpha value is -2.46. The van der Waals surface area contributed by atoms with E-state index >= 15 is 0 Å². The standard InChI is InChI=1S/C26H20I2N2O2/c1-17-6-4-9-20(12-17)26(31)30-29-15-18-13-23(27)25(24(28)14-18)32-16-21-10-5-8-19-7-2-3-11-22(19)21/h2-15H,16H2,1H3,(H,30,31)/b29-15+. The van der Waals surface area contributed by atoms with Gasteiger partial charge in [0.05, 0.1) is 13.4 Å². The Labute approximate surface area is 214 Å². The van der Waals surface area contributed by atoms with Crippen LogP contribution in [0.1, 0.15) is 27.0 Å². The van der Waals surface area contributed by atoms with Gasteiger partial charge in [0.15, 0.2) is 0 Å². The highest BCUT2D eigenvalue weighted by atomic mass is 127. The van der Waals surface area contributed by atoms with E-state index in [0.717, 1.165) is 29.6 Å². The molecular weight excluding hydrogens is 626 g/mol. The third kappa shape index (κ3) is 5.47. The van der Waals surface area contributed by atoms with Crippen LogP contribution in [0.15, 0.2) is 84.0 Å². The van der Waals surface area contributed by atoms with E-state index in [2.05, 4.69) is 86.0 Å². The van der Waals surface area contributed by atoms with Gasteiger partial charge in [-0.2, -0.15) is 5.10 Å². The molecule has 32 heavy (non-hydrogen) atoms. The highest BCUT2D eigenvalue weighted by molar-refractivity contribution is 14.1. The number of aryl methyl sites for hydroxylation is 1. The molecule has 160 valence electrons. The van der Waals surface area contributed by atoms with Crippen LogP contribution >= 0.6 is 45.2 Å². The minimum Gasteiger partial charge on any atom is -0.487 e. The second-order valence-electron chi connectivity index (χ2n) is 7.31. The van der Waals surface area contributed by atoms with Crippen LogP contribution in [-0.2, 0) is 6.61 Å². The molecule has 4 aromatic carbocycles. The van der Waals surface area contributed by atoms with Crippen molar-refractivity contribution >= 4 is 68.1 Å². The molecule has 0 aromatic heterocycles. The highest BCUT2D eigenvalue weighted by Gasteiger charge is 2.10. The molecule has 4 aromatic rings. The van der Waals surface area contributed by atoms with Gasteiger partial charge in [0, 0.05) is 5.56 Å². The number of nitrogens with one attached hydrogen (secondary N) is 1. The van der Waals surface area contributed by atoms with Gasteiger partial charge in [0.1, 0.15) is 12.4 Å². The van der Waals surface area contributed by atoms with Crippen molar-refractivity contribution in [1.29, 1.82) is 0 Å². The molecule has 0 saturated carbocycles. The summed E-state index contributed by atoms with van der Waals surface area (Å²) in [6, 6.07) is 26.0. The predicted octanol–water partition coefficient (Wildman–Crippen LogP) is 6.70. The zero-order valence-corrected chi connectivity index (χ0v) is 21.6. The second-order valence-corrected chi connectivity index (χ2v) is 9.63. The summed E-state index contributed by atoms with van der Waals surface area (Å²) in [5.74, 6) is 0.615. The van der Waals surface area contributed by atoms with Gasteiger partial charge in [-0.1, -0.05) is 60.2 Å². The number of hydrogen-bond acceptors (Lipinski definition) is 3. The molecule has 0 fully saturated rings. The summed E-state index contributed by atoms with van der Waals surface area (Å²) in [6.07, 6.45) is 1.65. The number of halogens is 2. The van der Waals surface area contributed by atoms with Crippen molar-refractivity contribution in [3.63, 3.8) is 0 Å². The van der Waals surface area contributed by atoms with E-state index in [-0.39, 0.29) is 5.91 Å². The third-order valence-electron chi connectivity index (χ3n) is 4.93. The molecule has 0 heterocycles. The van der Waals surface area contributed by atoms with Crippen LogP contribution in [0, 0.1) is 14.1 Å². The molecule has 1 amide bonds. The molecule has 0 aliphatic rings. The molecule has 1 N–H and O–H groups in total. The smallest absolute Gasteiger partial charge is 0.271 e. The van der Waals surface area contributed by atoms with E-state index < -0.39 is 0 Å². The number of nitrogens with zero attached hydrogens (tertiary/aromatic N) is 1. The van der Waals surface area contributed by atoms with Gasteiger partial charge < -0.3 is 4.74 Å². The van der Waals surface area contributed by atoms with Crippen molar-refractivity contribution in [2.45, 2.75) is 13.5 Å². The van der Waals surface area contributed by atoms with Gasteiger partial charge in [0.25, 0.3) is 5.91 Å². The molecule has 0 aliphatic carbocycles. The largest absolute Gasteiger partial charge is 0.487 e. The van der Waals surface area contributed by atoms with Crippen LogP contribution < -0.4 is 10.2 Å². The molecule has 0 bridgehead atoms. The SMILES string of the molecule is Cc1cccc(C(=O)N/N=C/c2cc(I)c(OCc3cccc4ccccc34)c(I)c2)c1. The van der Waals surface area contributed by atoms with E-state index in [1.54, 1.807) is 12.3 Å². The van der Waals surface area contributed by atoms with Crippen LogP contribution in [0.2, 0.25) is 0 Å². The molecule has 0 spiro atoms. The van der Waals surface area contributed by atoms with Crippen molar-refractivity contribution < 1.29 is 9.53 Å². The maximum Gasteiger partial charge on any atom is 0.271 e. The minimum absolute atomic E-state index is 0.232. The third-order valence-corrected chi connectivity index (χ3v) is 6.54. The zero-order chi connectivity index (χ0) is 22.5. The fraction of sp³-hybridized carbons (Fsp3) is 0.0769. The Morgan fingerprint density at radius 1 is 0.969 bits per heavy atom. The fourth-order valence-electron chi connectivity index (χ4n) is 3.38. The first-order chi connectivity index (χ1) is 15.5. The van der Waals surface area contributed by atoms with Gasteiger partial charge in [-0.3, -0.25) is 4.79 Å². The fourth-order valence-corrected chi connectivity index (χ4v) is 5.50. The first kappa shape index (κ1) is 22.7. The molecule has 0 aliphatic heterocycles. The first-order valence-corrected chi connectivity index (χ1v) is 12.2. The summed E-state index contributed by atoms with van der Waals surface area (Å²) in [5, 5.41) is 6.52. The van der Waals surface area contributed by atoms with Crippen LogP contribution in [0.4, 0.5) is 0 Å². The topological polar surface area (TPSA) is 50.7 Å². The number of ether oxygens (including phenoxy) is 1. The Bertz CT molecular complexity index is 1290. The molecule has 0 atom stereocenters. The lowest BCUT2D eigenvalue weighted by Crippen LogP contribution is -2.17. The van der Waals surface area contributed by atoms with E-state index in [1.807, 2.05) is 49.4 Å². The highest BCUT2D eigenvalue weighted by Crippen LogP contribution is 2.30. The van der Waals surface area contributed by atoms with Crippen LogP contribution in [0.5, 0.6) is 5.75 Å². The number of hydrazone groups is 1. The Morgan fingerprint density at radius 3 is 2.47 bits per heavy atom. The number of benzene rings is 4. The van der Waals surface area contributed by atoms with Crippen molar-refractivity contribution in [1.82, 2.24) is 5.43 Å². The number of amides is 1. The minimum atomic E-state index is -0.232. The quantitative estimate of drug-likeness (QED) is 0.144. The Kier molecular flexibility index (Phi) is 7.41. The lowest BCUT2D eigenvalue weighted by molar-refractivity contribution is 0.0955. The van der Waals surface area contributed by atoms with Gasteiger partial charge in [0.2, 0.25) is 0 Å². The summed E-state index contributed by atoms with van der Waals surface area (Å²) in [7, 11) is 0. The molecule has 0 unspecified atom stereocenters. The molecule has 6 heteroatoms. The maximum atomic E-state index is 12.2. The summed E-state index contributed by atoms with van der Waals surface area (Å²) in [6.45, 7) is 2.45. The summed E-state index contributed by atoms with van der Waals surface area (Å²) >= 11 is 4.54. The van der Waals surface area contributed by atoms with Crippen molar-refractivity contribution in [3.05, 3.63) is 108 Å². The van der Waals surface area contributed by atoms with Crippen molar-refractivity contribution in [2.75, 3.05) is 0 Å². The lowest BCUT2D eigenvalue weighted by atomic mass is 10.1. The average molecular weight is 646 g/mol. The monoisotopic (exact) mass is 646 g/mol. The van der Waals surface area contributed by atoms with E-state index in [1.165, 1.54) is 10.8 Å². The van der Waals surface area contributed by atoms with E-state index in [0.29, 0.717) is 12.2 Å². The summed E-state index contributed by atoms with van der Waals surface area (Å²) < 4.78 is 8.17. The van der Waals surface area contributed by atoms with E-state index in [4.69, 9.17) is 4.74 Å². The normalized spacial score (nSPS) is 11.1. The molecular formula is C26H20I2N2O2. The van der Waals surface area contributed by atoms with E-state index in [9.17, 15) is 4.79 Å². The summed E-state index contributed by atoms with van der Waals surface area (Å²) in [5.41, 5.74) is 6.25. The average Bonchev–Trinajstić information content (AvgIpc) is 2.78. The Balaban J connectivity index is 1.45. The van der Waals surface area contributed by atoms with Gasteiger partial charge in [-0.25, -0.2) is 5.43 Å². The zero-order valence-electron chi connectivity index (χ0n) is 17.3. The van der Waals surface area contributed by atoms with Gasteiger partial charge in [-0.15, -0.1) is 0 Å². The Morgan fingerprint density at radius 2 is 1.69 bits per heavy atom. The van der Waals surface area contributed by atoms with Crippen LogP contribution in [-0.4, -0.2) is 12.1 Å². The first-order valence-electron chi connectivity index (χ1n) is 10.00. The van der Waals surface area contributed by atoms with Gasteiger partial charge >= 0.3 is 0 Å². The van der Waals surface area contributed by atoms with Crippen molar-refractivity contribution in [2.24, 2.45) is 5.10 Å². The van der Waals surface area contributed by atoms with Crippen LogP contribution in [0.25, 0.3) is 10.8 Å². The number of fused-ring (bicyclic) bond motifs is 1. The van der Waals surface area contributed by atoms with Crippen LogP contribution in [0.3, 0.4) is 0 Å². The van der Waals surface area contributed by atoms with Crippen molar-refractivity contribution in [3.8, 4) is 5.75 Å². The number of carbonyl (C=O) groups is 1. The number of hydrogen-bond donors (Lipinski definition) is 1. The van der Waals surface area contributed by atoms with Gasteiger partial charge in [-0.05, 0) is 98.3 Å². The molecule has 4 nitrogen and oxygen atoms in total. The maximum absolute atomic E-state index is 12.2. The second kappa shape index (κ2) is 10.4. The number of rotatable bonds is 6. The summed E-state index contributed by atoms with van der Waals surface area (Å²) in [4.78, 5) is 12.2. The number of carbonyl (C=O) groups excluding carboxylic acids is 1. The molecule has 0 radical (unpaired) electrons. The predicted molar refractivity (Wildman–Crippen MR) is 146 cm³/mol. The molecule has 4 rings (SSSR count). The lowest BCUT2D eigenvalue weighted by Gasteiger charge is -2.13. The molecule has 0 saturated heterocycles.